The summed E-state index contributed by atoms with van der Waals surface area (Å²) in [5, 5.41) is 14.3. The van der Waals surface area contributed by atoms with Gasteiger partial charge in [0.05, 0.1) is 17.6 Å². The van der Waals surface area contributed by atoms with Crippen LogP contribution in [0, 0.1) is 22.9 Å². The Bertz CT molecular complexity index is 733. The highest BCUT2D eigenvalue weighted by molar-refractivity contribution is 5.64. The number of nitro benzene ring substituents is 1. The van der Waals surface area contributed by atoms with Crippen LogP contribution in [0.1, 0.15) is 23.6 Å². The molecule has 1 aliphatic heterocycles. The summed E-state index contributed by atoms with van der Waals surface area (Å²) in [5.74, 6) is -0.191. The number of aryl methyl sites for hydroxylation is 1. The number of nitro groups is 1. The van der Waals surface area contributed by atoms with E-state index in [0.717, 1.165) is 5.56 Å². The third-order valence-electron chi connectivity index (χ3n) is 3.71. The summed E-state index contributed by atoms with van der Waals surface area (Å²) in [5.41, 5.74) is 1.94. The Balaban J connectivity index is 1.96. The Hall–Kier alpha value is -2.63. The fraction of sp³-hybridized carbons (Fsp3) is 0.250. The number of nitrogens with one attached hydrogen (secondary N) is 1. The minimum Gasteiger partial charge on any atom is -0.490 e. The van der Waals surface area contributed by atoms with Gasteiger partial charge in [-0.25, -0.2) is 4.39 Å². The maximum Gasteiger partial charge on any atom is 0.292 e. The Morgan fingerprint density at radius 3 is 2.95 bits per heavy atom. The maximum atomic E-state index is 13.8. The number of nitrogens with zero attached hydrogens (tertiary/aromatic N) is 1. The lowest BCUT2D eigenvalue weighted by Gasteiger charge is -2.27. The van der Waals surface area contributed by atoms with Gasteiger partial charge in [-0.2, -0.15) is 0 Å². The van der Waals surface area contributed by atoms with Gasteiger partial charge in [-0.1, -0.05) is 18.2 Å². The van der Waals surface area contributed by atoms with Crippen molar-refractivity contribution in [1.82, 2.24) is 0 Å². The number of fused-ring (bicyclic) bond motifs is 1. The zero-order valence-corrected chi connectivity index (χ0v) is 12.0. The molecule has 0 aromatic heterocycles. The molecule has 0 spiro atoms. The van der Waals surface area contributed by atoms with Crippen LogP contribution in [0.4, 0.5) is 15.8 Å². The third-order valence-corrected chi connectivity index (χ3v) is 3.71. The number of para-hydroxylation sites is 1. The van der Waals surface area contributed by atoms with Crippen molar-refractivity contribution >= 4 is 11.4 Å². The van der Waals surface area contributed by atoms with Gasteiger partial charge in [-0.05, 0) is 24.6 Å². The van der Waals surface area contributed by atoms with Crippen LogP contribution in [0.15, 0.2) is 36.4 Å². The van der Waals surface area contributed by atoms with Gasteiger partial charge in [0.2, 0.25) is 0 Å². The summed E-state index contributed by atoms with van der Waals surface area (Å²) in [6.45, 7) is 2.17. The molecule has 0 fully saturated rings. The van der Waals surface area contributed by atoms with Gasteiger partial charge in [0.1, 0.15) is 5.69 Å². The van der Waals surface area contributed by atoms with Crippen LogP contribution in [0.3, 0.4) is 0 Å². The minimum absolute atomic E-state index is 0.0180. The van der Waals surface area contributed by atoms with Crippen molar-refractivity contribution in [3.05, 3.63) is 63.5 Å². The van der Waals surface area contributed by atoms with E-state index in [2.05, 4.69) is 5.32 Å². The molecule has 0 bridgehead atoms. The Kier molecular flexibility index (Phi) is 3.66. The molecule has 1 heterocycles. The van der Waals surface area contributed by atoms with Gasteiger partial charge in [0.25, 0.3) is 5.69 Å². The molecule has 6 heteroatoms. The van der Waals surface area contributed by atoms with Crippen LogP contribution >= 0.6 is 0 Å². The highest BCUT2D eigenvalue weighted by Crippen LogP contribution is 2.38. The largest absolute Gasteiger partial charge is 0.490 e. The molecule has 1 atom stereocenters. The molecule has 0 saturated heterocycles. The summed E-state index contributed by atoms with van der Waals surface area (Å²) < 4.78 is 19.2. The van der Waals surface area contributed by atoms with Gasteiger partial charge in [-0.3, -0.25) is 10.1 Å². The van der Waals surface area contributed by atoms with E-state index in [0.29, 0.717) is 24.3 Å². The first-order valence-electron chi connectivity index (χ1n) is 6.99. The Morgan fingerprint density at radius 1 is 1.36 bits per heavy atom. The van der Waals surface area contributed by atoms with Gasteiger partial charge < -0.3 is 10.1 Å². The van der Waals surface area contributed by atoms with Gasteiger partial charge in [0, 0.05) is 18.1 Å². The number of anilines is 1. The molecule has 0 aliphatic carbocycles. The fourth-order valence-electron chi connectivity index (χ4n) is 2.64. The second-order valence-corrected chi connectivity index (χ2v) is 5.27. The molecule has 0 saturated carbocycles. The highest BCUT2D eigenvalue weighted by Gasteiger charge is 2.26. The number of ether oxygens (including phenoxy) is 1. The molecular weight excluding hydrogens is 287 g/mol. The van der Waals surface area contributed by atoms with Crippen molar-refractivity contribution in [3.63, 3.8) is 0 Å². The molecule has 0 radical (unpaired) electrons. The monoisotopic (exact) mass is 302 g/mol. The van der Waals surface area contributed by atoms with E-state index in [4.69, 9.17) is 4.74 Å². The second-order valence-electron chi connectivity index (χ2n) is 5.27. The number of hydrogen-bond donors (Lipinski definition) is 1. The number of rotatable bonds is 3. The lowest BCUT2D eigenvalue weighted by Crippen LogP contribution is -2.21. The van der Waals surface area contributed by atoms with Gasteiger partial charge in [0.15, 0.2) is 11.6 Å². The maximum absolute atomic E-state index is 13.8. The third kappa shape index (κ3) is 2.59. The first-order valence-corrected chi connectivity index (χ1v) is 6.99. The molecule has 2 aromatic carbocycles. The van der Waals surface area contributed by atoms with Gasteiger partial charge in [-0.15, -0.1) is 0 Å². The SMILES string of the molecule is Cc1ccc(N[C@H]2CCOc3c(F)cccc32)c([N+](=O)[O-])c1. The van der Waals surface area contributed by atoms with E-state index >= 15 is 0 Å². The van der Waals surface area contributed by atoms with E-state index in [1.807, 2.05) is 0 Å². The van der Waals surface area contributed by atoms with Crippen molar-refractivity contribution < 1.29 is 14.1 Å². The van der Waals surface area contributed by atoms with Crippen LogP contribution in [0.2, 0.25) is 0 Å². The summed E-state index contributed by atoms with van der Waals surface area (Å²) in [6.07, 6.45) is 0.613. The molecule has 114 valence electrons. The quantitative estimate of drug-likeness (QED) is 0.688. The summed E-state index contributed by atoms with van der Waals surface area (Å²) in [6, 6.07) is 9.52. The normalized spacial score (nSPS) is 16.5. The van der Waals surface area contributed by atoms with Crippen molar-refractivity contribution in [3.8, 4) is 5.75 Å². The second kappa shape index (κ2) is 5.63. The van der Waals surface area contributed by atoms with Crippen LogP contribution < -0.4 is 10.1 Å². The lowest BCUT2D eigenvalue weighted by molar-refractivity contribution is -0.384. The molecule has 3 rings (SSSR count). The fourth-order valence-corrected chi connectivity index (χ4v) is 2.64. The average Bonchev–Trinajstić information content (AvgIpc) is 2.50. The summed E-state index contributed by atoms with van der Waals surface area (Å²) in [4.78, 5) is 10.8. The predicted molar refractivity (Wildman–Crippen MR) is 80.7 cm³/mol. The van der Waals surface area contributed by atoms with E-state index < -0.39 is 10.7 Å². The van der Waals surface area contributed by atoms with Crippen molar-refractivity contribution in [2.75, 3.05) is 11.9 Å². The average molecular weight is 302 g/mol. The molecule has 0 amide bonds. The van der Waals surface area contributed by atoms with Crippen LogP contribution in [0.25, 0.3) is 0 Å². The van der Waals surface area contributed by atoms with E-state index in [-0.39, 0.29) is 17.5 Å². The van der Waals surface area contributed by atoms with Gasteiger partial charge >= 0.3 is 0 Å². The molecule has 2 aromatic rings. The van der Waals surface area contributed by atoms with Crippen LogP contribution in [0.5, 0.6) is 5.75 Å². The number of hydrogen-bond acceptors (Lipinski definition) is 4. The smallest absolute Gasteiger partial charge is 0.292 e. The molecule has 0 unspecified atom stereocenters. The molecule has 5 nitrogen and oxygen atoms in total. The zero-order chi connectivity index (χ0) is 15.7. The van der Waals surface area contributed by atoms with E-state index in [1.165, 1.54) is 12.1 Å². The predicted octanol–water partition coefficient (Wildman–Crippen LogP) is 3.98. The number of benzene rings is 2. The van der Waals surface area contributed by atoms with E-state index in [1.54, 1.807) is 31.2 Å². The molecule has 1 N–H and O–H groups in total. The van der Waals surface area contributed by atoms with E-state index in [9.17, 15) is 14.5 Å². The molecule has 1 aliphatic rings. The topological polar surface area (TPSA) is 64.4 Å². The Morgan fingerprint density at radius 2 is 2.18 bits per heavy atom. The molecule has 22 heavy (non-hydrogen) atoms. The van der Waals surface area contributed by atoms with Crippen molar-refractivity contribution in [1.29, 1.82) is 0 Å². The summed E-state index contributed by atoms with van der Waals surface area (Å²) in [7, 11) is 0. The zero-order valence-electron chi connectivity index (χ0n) is 12.0. The van der Waals surface area contributed by atoms with Crippen molar-refractivity contribution in [2.24, 2.45) is 0 Å². The van der Waals surface area contributed by atoms with Crippen molar-refractivity contribution in [2.45, 2.75) is 19.4 Å². The first kappa shape index (κ1) is 14.3. The standard InChI is InChI=1S/C16H15FN2O3/c1-10-5-6-14(15(9-10)19(20)21)18-13-7-8-22-16-11(13)3-2-4-12(16)17/h2-6,9,13,18H,7-8H2,1H3/t13-/m0/s1. The minimum atomic E-state index is -0.416. The molecular formula is C16H15FN2O3. The highest BCUT2D eigenvalue weighted by atomic mass is 19.1. The van der Waals surface area contributed by atoms with Crippen LogP contribution in [-0.4, -0.2) is 11.5 Å². The van der Waals surface area contributed by atoms with Crippen LogP contribution in [-0.2, 0) is 0 Å². The lowest BCUT2D eigenvalue weighted by atomic mass is 9.99. The number of halogens is 1. The summed E-state index contributed by atoms with van der Waals surface area (Å²) >= 11 is 0. The Labute approximate surface area is 126 Å². The first-order chi connectivity index (χ1) is 10.6.